The SMILES string of the molecule is CNCc1c(I)n(C)c2ccccc12. The van der Waals surface area contributed by atoms with Crippen LogP contribution in [0, 0.1) is 3.70 Å². The fourth-order valence-electron chi connectivity index (χ4n) is 1.79. The summed E-state index contributed by atoms with van der Waals surface area (Å²) in [5.41, 5.74) is 2.70. The van der Waals surface area contributed by atoms with E-state index in [0.717, 1.165) is 6.54 Å². The lowest BCUT2D eigenvalue weighted by molar-refractivity contribution is 0.806. The maximum Gasteiger partial charge on any atom is 0.0852 e. The highest BCUT2D eigenvalue weighted by atomic mass is 127. The van der Waals surface area contributed by atoms with Crippen molar-refractivity contribution in [2.24, 2.45) is 7.05 Å². The van der Waals surface area contributed by atoms with Crippen LogP contribution in [0.15, 0.2) is 24.3 Å². The van der Waals surface area contributed by atoms with Gasteiger partial charge in [-0.2, -0.15) is 0 Å². The van der Waals surface area contributed by atoms with Crippen molar-refractivity contribution in [3.05, 3.63) is 33.5 Å². The third-order valence-electron chi connectivity index (χ3n) is 2.49. The first-order valence-corrected chi connectivity index (χ1v) is 5.70. The Morgan fingerprint density at radius 2 is 2.07 bits per heavy atom. The number of nitrogens with zero attached hydrogens (tertiary/aromatic N) is 1. The van der Waals surface area contributed by atoms with Crippen LogP contribution in [-0.2, 0) is 13.6 Å². The van der Waals surface area contributed by atoms with Crippen LogP contribution < -0.4 is 5.32 Å². The third-order valence-corrected chi connectivity index (χ3v) is 3.86. The highest BCUT2D eigenvalue weighted by molar-refractivity contribution is 14.1. The molecule has 74 valence electrons. The highest BCUT2D eigenvalue weighted by Gasteiger charge is 2.10. The number of aryl methyl sites for hydroxylation is 1. The number of rotatable bonds is 2. The van der Waals surface area contributed by atoms with Gasteiger partial charge in [-0.3, -0.25) is 0 Å². The van der Waals surface area contributed by atoms with Gasteiger partial charge in [0, 0.05) is 30.1 Å². The Morgan fingerprint density at radius 1 is 1.36 bits per heavy atom. The number of nitrogens with one attached hydrogen (secondary N) is 1. The first kappa shape index (κ1) is 9.98. The summed E-state index contributed by atoms with van der Waals surface area (Å²) in [6, 6.07) is 8.53. The predicted octanol–water partition coefficient (Wildman–Crippen LogP) is 2.50. The number of benzene rings is 1. The van der Waals surface area contributed by atoms with Gasteiger partial charge in [-0.05, 0) is 35.7 Å². The first-order chi connectivity index (χ1) is 6.75. The van der Waals surface area contributed by atoms with E-state index >= 15 is 0 Å². The third kappa shape index (κ3) is 1.44. The second-order valence-electron chi connectivity index (χ2n) is 3.38. The van der Waals surface area contributed by atoms with Gasteiger partial charge in [-0.1, -0.05) is 18.2 Å². The molecule has 0 aliphatic carbocycles. The summed E-state index contributed by atoms with van der Waals surface area (Å²) in [7, 11) is 4.10. The second kappa shape index (κ2) is 3.90. The standard InChI is InChI=1S/C11H13IN2/c1-13-7-9-8-5-3-4-6-10(8)14(2)11(9)12/h3-6,13H,7H2,1-2H3. The fraction of sp³-hybridized carbons (Fsp3) is 0.273. The molecule has 0 spiro atoms. The van der Waals surface area contributed by atoms with Crippen LogP contribution in [0.1, 0.15) is 5.56 Å². The minimum absolute atomic E-state index is 0.930. The van der Waals surface area contributed by atoms with E-state index < -0.39 is 0 Å². The molecule has 0 unspecified atom stereocenters. The Balaban J connectivity index is 2.74. The van der Waals surface area contributed by atoms with Crippen LogP contribution >= 0.6 is 22.6 Å². The summed E-state index contributed by atoms with van der Waals surface area (Å²) in [6.07, 6.45) is 0. The Kier molecular flexibility index (Phi) is 2.78. The fourth-order valence-corrected chi connectivity index (χ4v) is 2.53. The second-order valence-corrected chi connectivity index (χ2v) is 4.40. The molecule has 2 rings (SSSR count). The monoisotopic (exact) mass is 300 g/mol. The topological polar surface area (TPSA) is 17.0 Å². The molecule has 1 aromatic carbocycles. The molecule has 3 heteroatoms. The van der Waals surface area contributed by atoms with E-state index in [1.54, 1.807) is 0 Å². The molecule has 1 heterocycles. The van der Waals surface area contributed by atoms with Gasteiger partial charge in [-0.15, -0.1) is 0 Å². The predicted molar refractivity (Wildman–Crippen MR) is 68.4 cm³/mol. The number of para-hydroxylation sites is 1. The van der Waals surface area contributed by atoms with E-state index in [4.69, 9.17) is 0 Å². The molecule has 0 aliphatic heterocycles. The van der Waals surface area contributed by atoms with Gasteiger partial charge in [0.05, 0.1) is 3.70 Å². The summed E-state index contributed by atoms with van der Waals surface area (Å²) in [4.78, 5) is 0. The highest BCUT2D eigenvalue weighted by Crippen LogP contribution is 2.26. The lowest BCUT2D eigenvalue weighted by atomic mass is 10.2. The van der Waals surface area contributed by atoms with Crippen LogP contribution in [0.4, 0.5) is 0 Å². The number of hydrogen-bond donors (Lipinski definition) is 1. The molecule has 0 bridgehead atoms. The van der Waals surface area contributed by atoms with Gasteiger partial charge in [-0.25, -0.2) is 0 Å². The average molecular weight is 300 g/mol. The van der Waals surface area contributed by atoms with E-state index in [9.17, 15) is 0 Å². The normalized spacial score (nSPS) is 11.1. The van der Waals surface area contributed by atoms with Crippen molar-refractivity contribution < 1.29 is 0 Å². The number of hydrogen-bond acceptors (Lipinski definition) is 1. The summed E-state index contributed by atoms with van der Waals surface area (Å²) in [5.74, 6) is 0. The van der Waals surface area contributed by atoms with Gasteiger partial charge in [0.2, 0.25) is 0 Å². The molecule has 0 saturated carbocycles. The van der Waals surface area contributed by atoms with Crippen molar-refractivity contribution in [3.8, 4) is 0 Å². The molecule has 0 amide bonds. The van der Waals surface area contributed by atoms with Gasteiger partial charge in [0.15, 0.2) is 0 Å². The van der Waals surface area contributed by atoms with Crippen LogP contribution in [0.25, 0.3) is 10.9 Å². The quantitative estimate of drug-likeness (QED) is 0.843. The molecular formula is C11H13IN2. The summed E-state index contributed by atoms with van der Waals surface area (Å²) < 4.78 is 3.56. The Bertz CT molecular complexity index is 460. The van der Waals surface area contributed by atoms with Gasteiger partial charge >= 0.3 is 0 Å². The van der Waals surface area contributed by atoms with Gasteiger partial charge in [0.1, 0.15) is 0 Å². The smallest absolute Gasteiger partial charge is 0.0852 e. The average Bonchev–Trinajstić information content (AvgIpc) is 2.45. The van der Waals surface area contributed by atoms with Crippen molar-refractivity contribution in [1.29, 1.82) is 0 Å². The molecule has 0 aliphatic rings. The molecular weight excluding hydrogens is 287 g/mol. The molecule has 0 atom stereocenters. The van der Waals surface area contributed by atoms with Crippen LogP contribution in [0.2, 0.25) is 0 Å². The molecule has 2 aromatic rings. The number of fused-ring (bicyclic) bond motifs is 1. The first-order valence-electron chi connectivity index (χ1n) is 4.62. The largest absolute Gasteiger partial charge is 0.339 e. The molecule has 1 aromatic heterocycles. The van der Waals surface area contributed by atoms with Crippen LogP contribution in [0.5, 0.6) is 0 Å². The zero-order valence-corrected chi connectivity index (χ0v) is 10.5. The Labute approximate surface area is 97.4 Å². The molecule has 1 N–H and O–H groups in total. The molecule has 0 fully saturated rings. The summed E-state index contributed by atoms with van der Waals surface area (Å²) in [5, 5.41) is 4.57. The van der Waals surface area contributed by atoms with Gasteiger partial charge < -0.3 is 9.88 Å². The van der Waals surface area contributed by atoms with Crippen molar-refractivity contribution in [3.63, 3.8) is 0 Å². The van der Waals surface area contributed by atoms with E-state index in [0.29, 0.717) is 0 Å². The maximum atomic E-state index is 3.21. The van der Waals surface area contributed by atoms with Crippen molar-refractivity contribution in [2.75, 3.05) is 7.05 Å². The number of halogens is 1. The van der Waals surface area contributed by atoms with Crippen LogP contribution in [-0.4, -0.2) is 11.6 Å². The minimum Gasteiger partial charge on any atom is -0.339 e. The molecule has 0 saturated heterocycles. The van der Waals surface area contributed by atoms with Gasteiger partial charge in [0.25, 0.3) is 0 Å². The van der Waals surface area contributed by atoms with E-state index in [1.165, 1.54) is 20.2 Å². The molecule has 2 nitrogen and oxygen atoms in total. The lowest BCUT2D eigenvalue weighted by Crippen LogP contribution is -2.06. The van der Waals surface area contributed by atoms with Crippen molar-refractivity contribution in [1.82, 2.24) is 9.88 Å². The summed E-state index contributed by atoms with van der Waals surface area (Å²) >= 11 is 2.40. The van der Waals surface area contributed by atoms with Crippen molar-refractivity contribution in [2.45, 2.75) is 6.54 Å². The maximum absolute atomic E-state index is 3.21. The molecule has 0 radical (unpaired) electrons. The Hall–Kier alpha value is -0.550. The Morgan fingerprint density at radius 3 is 2.79 bits per heavy atom. The molecule has 14 heavy (non-hydrogen) atoms. The lowest BCUT2D eigenvalue weighted by Gasteiger charge is -1.98. The van der Waals surface area contributed by atoms with Crippen LogP contribution in [0.3, 0.4) is 0 Å². The van der Waals surface area contributed by atoms with E-state index in [1.807, 2.05) is 7.05 Å². The minimum atomic E-state index is 0.930. The summed E-state index contributed by atoms with van der Waals surface area (Å²) in [6.45, 7) is 0.930. The zero-order chi connectivity index (χ0) is 10.1. The zero-order valence-electron chi connectivity index (χ0n) is 8.34. The van der Waals surface area contributed by atoms with E-state index in [2.05, 4.69) is 63.8 Å². The van der Waals surface area contributed by atoms with E-state index in [-0.39, 0.29) is 0 Å². The number of aromatic nitrogens is 1. The van der Waals surface area contributed by atoms with Crippen molar-refractivity contribution >= 4 is 33.5 Å².